The summed E-state index contributed by atoms with van der Waals surface area (Å²) in [7, 11) is 0. The minimum atomic E-state index is -0.932. The maximum atomic E-state index is 4.97. The Morgan fingerprint density at radius 2 is 1.62 bits per heavy atom. The third-order valence-electron chi connectivity index (χ3n) is 0.869. The van der Waals surface area contributed by atoms with E-state index in [9.17, 15) is 0 Å². The van der Waals surface area contributed by atoms with E-state index >= 15 is 0 Å². The van der Waals surface area contributed by atoms with E-state index in [1.54, 1.807) is 0 Å². The molecule has 0 N–H and O–H groups in total. The quantitative estimate of drug-likeness (QED) is 0.397. The molecule has 0 aromatic rings. The normalized spacial score (nSPS) is 27.8. The van der Waals surface area contributed by atoms with Crippen molar-refractivity contribution < 1.29 is 9.47 Å². The Labute approximate surface area is 59.4 Å². The van der Waals surface area contributed by atoms with Crippen LogP contribution in [0.2, 0.25) is 0 Å². The zero-order valence-corrected chi connectivity index (χ0v) is 6.12. The number of thiol groups is 2. The van der Waals surface area contributed by atoms with E-state index in [4.69, 9.17) is 9.47 Å². The van der Waals surface area contributed by atoms with E-state index in [1.807, 2.05) is 0 Å². The van der Waals surface area contributed by atoms with Crippen LogP contribution in [0.4, 0.5) is 0 Å². The van der Waals surface area contributed by atoms with Crippen molar-refractivity contribution in [1.29, 1.82) is 0 Å². The van der Waals surface area contributed by atoms with Gasteiger partial charge >= 0.3 is 0 Å². The average molecular weight is 152 g/mol. The highest BCUT2D eigenvalue weighted by molar-refractivity contribution is 8.00. The first-order valence-electron chi connectivity index (χ1n) is 2.43. The van der Waals surface area contributed by atoms with Crippen LogP contribution in [0, 0.1) is 0 Å². The third-order valence-corrected chi connectivity index (χ3v) is 1.39. The molecule has 0 aliphatic carbocycles. The van der Waals surface area contributed by atoms with Gasteiger partial charge in [0.1, 0.15) is 0 Å². The Morgan fingerprint density at radius 3 is 1.88 bits per heavy atom. The molecule has 1 fully saturated rings. The zero-order valence-electron chi connectivity index (χ0n) is 4.33. The van der Waals surface area contributed by atoms with Gasteiger partial charge in [-0.1, -0.05) is 0 Å². The Balaban J connectivity index is 2.33. The number of ether oxygens (including phenoxy) is 2. The molecule has 0 bridgehead atoms. The largest absolute Gasteiger partial charge is 0.333 e. The molecule has 48 valence electrons. The van der Waals surface area contributed by atoms with Crippen LogP contribution in [0.5, 0.6) is 0 Å². The summed E-state index contributed by atoms with van der Waals surface area (Å²) >= 11 is 7.88. The van der Waals surface area contributed by atoms with Crippen LogP contribution >= 0.6 is 25.3 Å². The van der Waals surface area contributed by atoms with Crippen molar-refractivity contribution in [2.45, 2.75) is 10.9 Å². The second-order valence-corrected chi connectivity index (χ2v) is 3.13. The minimum absolute atomic E-state index is 0.688. The van der Waals surface area contributed by atoms with E-state index < -0.39 is 4.45 Å². The van der Waals surface area contributed by atoms with Crippen LogP contribution in [0.1, 0.15) is 6.42 Å². The molecule has 0 aromatic heterocycles. The van der Waals surface area contributed by atoms with E-state index in [0.29, 0.717) is 13.2 Å². The van der Waals surface area contributed by atoms with Gasteiger partial charge in [0.25, 0.3) is 4.45 Å². The van der Waals surface area contributed by atoms with Gasteiger partial charge in [-0.25, -0.2) is 0 Å². The summed E-state index contributed by atoms with van der Waals surface area (Å²) in [6, 6.07) is 0. The highest BCUT2D eigenvalue weighted by atomic mass is 32.2. The summed E-state index contributed by atoms with van der Waals surface area (Å²) in [6.45, 7) is 1.38. The van der Waals surface area contributed by atoms with Crippen molar-refractivity contribution in [3.63, 3.8) is 0 Å². The summed E-state index contributed by atoms with van der Waals surface area (Å²) in [6.07, 6.45) is 0.933. The van der Waals surface area contributed by atoms with Crippen LogP contribution in [0.25, 0.3) is 0 Å². The zero-order chi connectivity index (χ0) is 6.04. The van der Waals surface area contributed by atoms with Crippen molar-refractivity contribution in [2.75, 3.05) is 13.2 Å². The molecule has 1 heterocycles. The molecule has 1 aliphatic rings. The predicted molar refractivity (Wildman–Crippen MR) is 37.2 cm³/mol. The number of rotatable bonds is 0. The Hall–Kier alpha value is 0.620. The smallest absolute Gasteiger partial charge is 0.263 e. The number of hydrogen-bond acceptors (Lipinski definition) is 4. The molecule has 0 atom stereocenters. The van der Waals surface area contributed by atoms with Crippen LogP contribution in [0.3, 0.4) is 0 Å². The molecule has 1 rings (SSSR count). The van der Waals surface area contributed by atoms with Gasteiger partial charge in [-0.2, -0.15) is 0 Å². The molecular formula is C4H8O2S2. The lowest BCUT2D eigenvalue weighted by Gasteiger charge is -2.27. The van der Waals surface area contributed by atoms with E-state index in [0.717, 1.165) is 6.42 Å². The lowest BCUT2D eigenvalue weighted by atomic mass is 10.5. The molecule has 1 aliphatic heterocycles. The van der Waals surface area contributed by atoms with Gasteiger partial charge in [-0.05, 0) is 6.42 Å². The lowest BCUT2D eigenvalue weighted by molar-refractivity contribution is -0.144. The number of hydrogen-bond donors (Lipinski definition) is 2. The minimum Gasteiger partial charge on any atom is -0.333 e. The Kier molecular flexibility index (Phi) is 2.08. The second-order valence-electron chi connectivity index (χ2n) is 1.60. The first kappa shape index (κ1) is 6.74. The molecule has 8 heavy (non-hydrogen) atoms. The summed E-state index contributed by atoms with van der Waals surface area (Å²) in [5, 5.41) is 0. The van der Waals surface area contributed by atoms with Crippen molar-refractivity contribution >= 4 is 25.3 Å². The maximum absolute atomic E-state index is 4.97. The summed E-state index contributed by atoms with van der Waals surface area (Å²) in [5.74, 6) is 0. The summed E-state index contributed by atoms with van der Waals surface area (Å²) in [4.78, 5) is 0. The lowest BCUT2D eigenvalue weighted by Crippen LogP contribution is -2.29. The predicted octanol–water partition coefficient (Wildman–Crippen LogP) is 0.894. The molecular weight excluding hydrogens is 144 g/mol. The van der Waals surface area contributed by atoms with Crippen LogP contribution in [0.15, 0.2) is 0 Å². The molecule has 1 saturated heterocycles. The standard InChI is InChI=1S/C4H8O2S2/c7-4(8)5-2-1-3-6-4/h7-8H,1-3H2. The monoisotopic (exact) mass is 152 g/mol. The maximum Gasteiger partial charge on any atom is 0.263 e. The fraction of sp³-hybridized carbons (Fsp3) is 1.00. The molecule has 0 saturated carbocycles. The van der Waals surface area contributed by atoms with Gasteiger partial charge in [0.2, 0.25) is 0 Å². The van der Waals surface area contributed by atoms with Gasteiger partial charge in [0, 0.05) is 0 Å². The second kappa shape index (κ2) is 2.47. The summed E-state index contributed by atoms with van der Waals surface area (Å²) in [5.41, 5.74) is 0. The molecule has 0 aromatic carbocycles. The summed E-state index contributed by atoms with van der Waals surface area (Å²) < 4.78 is 9.01. The molecule has 0 unspecified atom stereocenters. The van der Waals surface area contributed by atoms with E-state index in [1.165, 1.54) is 0 Å². The molecule has 0 radical (unpaired) electrons. The van der Waals surface area contributed by atoms with Crippen LogP contribution in [-0.2, 0) is 9.47 Å². The van der Waals surface area contributed by atoms with Crippen LogP contribution < -0.4 is 0 Å². The van der Waals surface area contributed by atoms with Gasteiger partial charge in [0.15, 0.2) is 0 Å². The molecule has 0 amide bonds. The highest BCUT2D eigenvalue weighted by Crippen LogP contribution is 2.26. The topological polar surface area (TPSA) is 18.5 Å². The first-order chi connectivity index (χ1) is 3.71. The van der Waals surface area contributed by atoms with Crippen molar-refractivity contribution in [3.8, 4) is 0 Å². The van der Waals surface area contributed by atoms with Crippen molar-refractivity contribution in [2.24, 2.45) is 0 Å². The Bertz CT molecular complexity index is 76.1. The van der Waals surface area contributed by atoms with Gasteiger partial charge in [-0.3, -0.25) is 0 Å². The van der Waals surface area contributed by atoms with Crippen molar-refractivity contribution in [1.82, 2.24) is 0 Å². The van der Waals surface area contributed by atoms with E-state index in [2.05, 4.69) is 25.3 Å². The fourth-order valence-electron chi connectivity index (χ4n) is 0.511. The van der Waals surface area contributed by atoms with Gasteiger partial charge < -0.3 is 9.47 Å². The van der Waals surface area contributed by atoms with Gasteiger partial charge in [0.05, 0.1) is 13.2 Å². The van der Waals surface area contributed by atoms with Gasteiger partial charge in [-0.15, -0.1) is 25.3 Å². The average Bonchev–Trinajstić information content (AvgIpc) is 1.65. The third kappa shape index (κ3) is 1.85. The molecule has 4 heteroatoms. The fourth-order valence-corrected chi connectivity index (χ4v) is 0.876. The Morgan fingerprint density at radius 1 is 1.12 bits per heavy atom. The first-order valence-corrected chi connectivity index (χ1v) is 3.33. The van der Waals surface area contributed by atoms with Crippen LogP contribution in [-0.4, -0.2) is 17.7 Å². The SMILES string of the molecule is SC1(S)OCCCO1. The molecule has 0 spiro atoms. The van der Waals surface area contributed by atoms with Crippen molar-refractivity contribution in [3.05, 3.63) is 0 Å². The molecule has 2 nitrogen and oxygen atoms in total. The van der Waals surface area contributed by atoms with E-state index in [-0.39, 0.29) is 0 Å². The highest BCUT2D eigenvalue weighted by Gasteiger charge is 2.24.